The summed E-state index contributed by atoms with van der Waals surface area (Å²) < 4.78 is 16.2. The average Bonchev–Trinajstić information content (AvgIpc) is 2.59. The molecule has 0 radical (unpaired) electrons. The number of para-hydroxylation sites is 2. The molecule has 0 aliphatic carbocycles. The Labute approximate surface area is 140 Å². The molecule has 0 aromatic heterocycles. The van der Waals surface area contributed by atoms with Crippen LogP contribution in [0.5, 0.6) is 11.5 Å². The molecule has 1 amide bonds. The summed E-state index contributed by atoms with van der Waals surface area (Å²) in [6, 6.07) is 12.9. The Balaban J connectivity index is 1.86. The lowest BCUT2D eigenvalue weighted by molar-refractivity contribution is -0.127. The minimum Gasteiger partial charge on any atom is -0.495 e. The number of rotatable bonds is 5. The monoisotopic (exact) mass is 328 g/mol. The summed E-state index contributed by atoms with van der Waals surface area (Å²) >= 11 is 0. The van der Waals surface area contributed by atoms with Crippen molar-refractivity contribution in [3.63, 3.8) is 0 Å². The summed E-state index contributed by atoms with van der Waals surface area (Å²) in [5.41, 5.74) is 8.10. The van der Waals surface area contributed by atoms with E-state index in [1.165, 1.54) is 0 Å². The van der Waals surface area contributed by atoms with Gasteiger partial charge in [-0.15, -0.1) is 0 Å². The Kier molecular flexibility index (Phi) is 4.57. The van der Waals surface area contributed by atoms with Gasteiger partial charge in [0.1, 0.15) is 18.2 Å². The largest absolute Gasteiger partial charge is 0.495 e. The van der Waals surface area contributed by atoms with Gasteiger partial charge in [-0.3, -0.25) is 9.69 Å². The molecular formula is C18H20N2O4. The predicted molar refractivity (Wildman–Crippen MR) is 91.3 cm³/mol. The summed E-state index contributed by atoms with van der Waals surface area (Å²) in [6.07, 6.45) is -0.204. The number of fused-ring (bicyclic) bond motifs is 1. The lowest BCUT2D eigenvalue weighted by Gasteiger charge is -2.33. The van der Waals surface area contributed by atoms with Crippen LogP contribution in [0.15, 0.2) is 42.5 Å². The van der Waals surface area contributed by atoms with Crippen LogP contribution in [-0.4, -0.2) is 33.0 Å². The Morgan fingerprint density at radius 1 is 1.21 bits per heavy atom. The van der Waals surface area contributed by atoms with Gasteiger partial charge in [0, 0.05) is 13.5 Å². The Bertz CT molecular complexity index is 748. The van der Waals surface area contributed by atoms with Gasteiger partial charge < -0.3 is 19.9 Å². The highest BCUT2D eigenvalue weighted by Crippen LogP contribution is 2.34. The summed E-state index contributed by atoms with van der Waals surface area (Å²) in [5, 5.41) is 0. The van der Waals surface area contributed by atoms with Gasteiger partial charge in [-0.05, 0) is 29.8 Å². The van der Waals surface area contributed by atoms with Crippen LogP contribution in [0.2, 0.25) is 0 Å². The van der Waals surface area contributed by atoms with Crippen molar-refractivity contribution >= 4 is 17.3 Å². The molecule has 1 atom stereocenters. The van der Waals surface area contributed by atoms with Crippen LogP contribution in [-0.2, 0) is 16.0 Å². The molecule has 0 spiro atoms. The van der Waals surface area contributed by atoms with Crippen molar-refractivity contribution in [1.82, 2.24) is 0 Å². The average molecular weight is 328 g/mol. The summed E-state index contributed by atoms with van der Waals surface area (Å²) in [4.78, 5) is 14.3. The summed E-state index contributed by atoms with van der Waals surface area (Å²) in [7, 11) is 3.13. The molecule has 0 saturated heterocycles. The second-order valence-corrected chi connectivity index (χ2v) is 5.54. The normalized spacial score (nSPS) is 16.5. The Morgan fingerprint density at radius 3 is 2.71 bits per heavy atom. The van der Waals surface area contributed by atoms with Gasteiger partial charge in [-0.2, -0.15) is 0 Å². The van der Waals surface area contributed by atoms with Crippen LogP contribution >= 0.6 is 0 Å². The molecule has 6 heteroatoms. The number of nitrogen functional groups attached to an aromatic ring is 1. The first-order valence-corrected chi connectivity index (χ1v) is 7.62. The van der Waals surface area contributed by atoms with Crippen LogP contribution < -0.4 is 20.1 Å². The van der Waals surface area contributed by atoms with Crippen LogP contribution in [0.4, 0.5) is 11.4 Å². The van der Waals surface area contributed by atoms with E-state index in [4.69, 9.17) is 19.9 Å². The fourth-order valence-corrected chi connectivity index (χ4v) is 2.79. The molecule has 0 bridgehead atoms. The zero-order chi connectivity index (χ0) is 17.1. The van der Waals surface area contributed by atoms with Crippen molar-refractivity contribution in [1.29, 1.82) is 0 Å². The molecule has 6 nitrogen and oxygen atoms in total. The van der Waals surface area contributed by atoms with E-state index < -0.39 is 6.10 Å². The minimum atomic E-state index is -0.622. The smallest absolute Gasteiger partial charge is 0.270 e. The second kappa shape index (κ2) is 6.80. The third-order valence-electron chi connectivity index (χ3n) is 3.94. The number of hydrogen-bond acceptors (Lipinski definition) is 5. The number of nitrogens with two attached hydrogens (primary N) is 1. The minimum absolute atomic E-state index is 0.134. The van der Waals surface area contributed by atoms with Crippen LogP contribution in [0.1, 0.15) is 5.56 Å². The van der Waals surface area contributed by atoms with Gasteiger partial charge in [-0.1, -0.05) is 18.2 Å². The van der Waals surface area contributed by atoms with Crippen molar-refractivity contribution < 1.29 is 19.0 Å². The van der Waals surface area contributed by atoms with Crippen LogP contribution in [0.3, 0.4) is 0 Å². The highest BCUT2D eigenvalue weighted by atomic mass is 16.5. The van der Waals surface area contributed by atoms with Gasteiger partial charge in [0.2, 0.25) is 0 Å². The number of methoxy groups -OCH3 is 2. The van der Waals surface area contributed by atoms with E-state index in [-0.39, 0.29) is 12.6 Å². The third kappa shape index (κ3) is 3.00. The van der Waals surface area contributed by atoms with Gasteiger partial charge in [0.25, 0.3) is 5.91 Å². The maximum atomic E-state index is 12.8. The number of hydrogen-bond donors (Lipinski definition) is 1. The Hall–Kier alpha value is -2.73. The molecule has 2 aromatic carbocycles. The van der Waals surface area contributed by atoms with E-state index in [9.17, 15) is 4.79 Å². The number of nitrogens with zero attached hydrogens (tertiary/aromatic N) is 1. The first-order chi connectivity index (χ1) is 11.6. The van der Waals surface area contributed by atoms with Gasteiger partial charge >= 0.3 is 0 Å². The van der Waals surface area contributed by atoms with Crippen molar-refractivity contribution in [2.75, 3.05) is 31.6 Å². The maximum Gasteiger partial charge on any atom is 0.270 e. The number of carbonyl (C=O) groups excluding carboxylic acids is 1. The van der Waals surface area contributed by atoms with Crippen molar-refractivity contribution in [3.8, 4) is 11.5 Å². The van der Waals surface area contributed by atoms with E-state index in [0.717, 1.165) is 11.3 Å². The van der Waals surface area contributed by atoms with Gasteiger partial charge in [0.05, 0.1) is 18.5 Å². The third-order valence-corrected chi connectivity index (χ3v) is 3.94. The van der Waals surface area contributed by atoms with E-state index in [2.05, 4.69) is 0 Å². The molecule has 126 valence electrons. The Morgan fingerprint density at radius 2 is 2.00 bits per heavy atom. The number of amides is 1. The first-order valence-electron chi connectivity index (χ1n) is 7.62. The van der Waals surface area contributed by atoms with Crippen molar-refractivity contribution in [2.45, 2.75) is 12.5 Å². The first kappa shape index (κ1) is 16.1. The topological polar surface area (TPSA) is 74.0 Å². The van der Waals surface area contributed by atoms with E-state index in [0.29, 0.717) is 23.6 Å². The summed E-state index contributed by atoms with van der Waals surface area (Å²) in [6.45, 7) is 0.181. The van der Waals surface area contributed by atoms with Gasteiger partial charge in [0.15, 0.2) is 6.10 Å². The van der Waals surface area contributed by atoms with E-state index >= 15 is 0 Å². The van der Waals surface area contributed by atoms with Crippen molar-refractivity contribution in [2.24, 2.45) is 0 Å². The quantitative estimate of drug-likeness (QED) is 0.852. The maximum absolute atomic E-state index is 12.8. The highest BCUT2D eigenvalue weighted by Gasteiger charge is 2.34. The van der Waals surface area contributed by atoms with Crippen molar-refractivity contribution in [3.05, 3.63) is 48.0 Å². The highest BCUT2D eigenvalue weighted by molar-refractivity contribution is 6.00. The molecule has 2 aromatic rings. The van der Waals surface area contributed by atoms with E-state index in [1.807, 2.05) is 30.3 Å². The van der Waals surface area contributed by atoms with Gasteiger partial charge in [-0.25, -0.2) is 0 Å². The number of benzene rings is 2. The van der Waals surface area contributed by atoms with Crippen LogP contribution in [0.25, 0.3) is 0 Å². The fraction of sp³-hybridized carbons (Fsp3) is 0.278. The molecule has 1 unspecified atom stereocenters. The predicted octanol–water partition coefficient (Wildman–Crippen LogP) is 2.22. The molecule has 1 aliphatic rings. The molecule has 1 aliphatic heterocycles. The molecule has 0 saturated carbocycles. The standard InChI is InChI=1S/C18H20N2O4/c1-22-11-20-14-5-3-4-6-16(14)24-17(18(20)21)10-12-7-8-15(23-2)13(19)9-12/h3-9,17H,10-11,19H2,1-2H3. The molecular weight excluding hydrogens is 308 g/mol. The lowest BCUT2D eigenvalue weighted by Crippen LogP contribution is -2.47. The molecule has 0 fully saturated rings. The molecule has 24 heavy (non-hydrogen) atoms. The lowest BCUT2D eigenvalue weighted by atomic mass is 10.0. The molecule has 1 heterocycles. The number of ether oxygens (including phenoxy) is 3. The zero-order valence-electron chi connectivity index (χ0n) is 13.7. The second-order valence-electron chi connectivity index (χ2n) is 5.54. The SMILES string of the molecule is COCN1C(=O)C(Cc2ccc(OC)c(N)c2)Oc2ccccc21. The zero-order valence-corrected chi connectivity index (χ0v) is 13.7. The number of anilines is 2. The summed E-state index contributed by atoms with van der Waals surface area (Å²) in [5.74, 6) is 1.14. The molecule has 3 rings (SSSR count). The number of carbonyl (C=O) groups is 1. The molecule has 2 N–H and O–H groups in total. The van der Waals surface area contributed by atoms with Crippen LogP contribution in [0, 0.1) is 0 Å². The fourth-order valence-electron chi connectivity index (χ4n) is 2.79. The van der Waals surface area contributed by atoms with E-state index in [1.54, 1.807) is 31.3 Å².